The monoisotopic (exact) mass is 315 g/mol. The Bertz CT molecular complexity index is 13.5. The summed E-state index contributed by atoms with van der Waals surface area (Å²) in [5, 5.41) is 0. The molecular formula is C2H7NO2U. The van der Waals surface area contributed by atoms with Crippen molar-refractivity contribution in [3.05, 3.63) is 13.3 Å². The Hall–Kier alpha value is 0.932. The van der Waals surface area contributed by atoms with E-state index >= 15 is 0 Å². The number of hydrogen-bond donors (Lipinski definition) is 0. The van der Waals surface area contributed by atoms with Gasteiger partial charge in [0, 0.05) is 0 Å². The van der Waals surface area contributed by atoms with Crippen LogP contribution in [0.2, 0.25) is 0 Å². The molecule has 3 nitrogen and oxygen atoms in total. The molecule has 0 spiro atoms. The van der Waals surface area contributed by atoms with E-state index in [9.17, 15) is 0 Å². The van der Waals surface area contributed by atoms with Crippen molar-refractivity contribution >= 4 is 0 Å². The van der Waals surface area contributed by atoms with Gasteiger partial charge in [-0.05, 0) is 0 Å². The van der Waals surface area contributed by atoms with E-state index in [2.05, 4.69) is 16.9 Å². The summed E-state index contributed by atoms with van der Waals surface area (Å²) >= 11 is 0. The van der Waals surface area contributed by atoms with Crippen molar-refractivity contribution in [3.8, 4) is 0 Å². The Kier molecular flexibility index (Phi) is 44.1. The third-order valence-electron chi connectivity index (χ3n) is 0.118. The van der Waals surface area contributed by atoms with E-state index in [4.69, 9.17) is 0 Å². The summed E-state index contributed by atoms with van der Waals surface area (Å²) in [6, 6.07) is 0. The maximum absolute atomic E-state index is 3.93. The normalized spacial score (nSPS) is 5.00. The zero-order chi connectivity index (χ0) is 3.41. The van der Waals surface area contributed by atoms with Crippen LogP contribution in [-0.4, -0.2) is 7.11 Å². The van der Waals surface area contributed by atoms with Crippen molar-refractivity contribution in [2.75, 3.05) is 7.11 Å². The molecule has 4 heteroatoms. The van der Waals surface area contributed by atoms with Gasteiger partial charge in [-0.2, -0.15) is 7.11 Å². The van der Waals surface area contributed by atoms with Crippen LogP contribution < -0.4 is 0 Å². The Labute approximate surface area is 61.3 Å². The zero-order valence-corrected chi connectivity index (χ0v) is 7.76. The van der Waals surface area contributed by atoms with Crippen LogP contribution in [0.5, 0.6) is 0 Å². The van der Waals surface area contributed by atoms with Gasteiger partial charge in [0.2, 0.25) is 0 Å². The second kappa shape index (κ2) is 16.8. The fourth-order valence-electron chi connectivity index (χ4n) is 0. The van der Waals surface area contributed by atoms with Crippen molar-refractivity contribution < 1.29 is 40.9 Å². The van der Waals surface area contributed by atoms with Gasteiger partial charge in [0.15, 0.2) is 0 Å². The third-order valence-corrected chi connectivity index (χ3v) is 0.118. The van der Waals surface area contributed by atoms with E-state index in [1.165, 1.54) is 7.11 Å². The van der Waals surface area contributed by atoms with Crippen molar-refractivity contribution in [2.45, 2.75) is 0 Å². The fraction of sp³-hybridized carbons (Fsp3) is 0.500. The molecule has 0 bridgehead atoms. The minimum atomic E-state index is 0. The second-order valence-corrected chi connectivity index (χ2v) is 0.285. The molecule has 0 aliphatic rings. The number of nitrogens with two attached hydrogens (primary N) is 1. The molecular weight excluding hydrogens is 308 g/mol. The Morgan fingerprint density at radius 1 is 1.50 bits per heavy atom. The molecule has 0 aromatic carbocycles. The summed E-state index contributed by atoms with van der Waals surface area (Å²) in [5.41, 5.74) is 0. The standard InChI is InChI=1S/C2H5O2.H2N.U/c1-3-4-2;;/h1H2,2H3;1H2;/q2*-1;+2. The van der Waals surface area contributed by atoms with E-state index < -0.39 is 0 Å². The molecule has 0 aliphatic heterocycles. The van der Waals surface area contributed by atoms with Gasteiger partial charge in [-0.15, -0.1) is 0 Å². The van der Waals surface area contributed by atoms with Crippen LogP contribution in [0.4, 0.5) is 0 Å². The van der Waals surface area contributed by atoms with Gasteiger partial charge in [0.1, 0.15) is 0 Å². The molecule has 0 radical (unpaired) electrons. The maximum Gasteiger partial charge on any atom is 2.00 e. The van der Waals surface area contributed by atoms with Crippen molar-refractivity contribution in [2.24, 2.45) is 0 Å². The molecule has 0 amide bonds. The topological polar surface area (TPSA) is 52.0 Å². The van der Waals surface area contributed by atoms with Crippen LogP contribution in [0.3, 0.4) is 0 Å². The zero-order valence-electron chi connectivity index (χ0n) is 3.60. The Balaban J connectivity index is -0.0000000450. The Morgan fingerprint density at radius 3 is 1.67 bits per heavy atom. The van der Waals surface area contributed by atoms with Gasteiger partial charge in [0.25, 0.3) is 0 Å². The molecule has 0 saturated heterocycles. The quantitative estimate of drug-likeness (QED) is 0.413. The molecule has 0 heterocycles. The SMILES string of the molecule is [CH2-]OOC.[NH2-].[U+2]. The van der Waals surface area contributed by atoms with Gasteiger partial charge < -0.3 is 11.0 Å². The van der Waals surface area contributed by atoms with E-state index in [1.807, 2.05) is 0 Å². The first-order valence-electron chi connectivity index (χ1n) is 0.864. The number of hydrogen-bond acceptors (Lipinski definition) is 2. The summed E-state index contributed by atoms with van der Waals surface area (Å²) in [7, 11) is 4.28. The molecule has 2 N–H and O–H groups in total. The van der Waals surface area contributed by atoms with Crippen LogP contribution >= 0.6 is 0 Å². The summed E-state index contributed by atoms with van der Waals surface area (Å²) in [6.45, 7) is 0. The molecule has 0 aromatic heterocycles. The van der Waals surface area contributed by atoms with E-state index in [-0.39, 0.29) is 37.3 Å². The molecule has 0 aromatic rings. The minimum Gasteiger partial charge on any atom is -0.693 e. The van der Waals surface area contributed by atoms with Gasteiger partial charge in [-0.1, -0.05) is 0 Å². The van der Waals surface area contributed by atoms with Crippen LogP contribution in [0.25, 0.3) is 6.15 Å². The fourth-order valence-corrected chi connectivity index (χ4v) is 0. The van der Waals surface area contributed by atoms with Crippen molar-refractivity contribution in [3.63, 3.8) is 0 Å². The van der Waals surface area contributed by atoms with E-state index in [1.54, 1.807) is 0 Å². The van der Waals surface area contributed by atoms with Crippen LogP contribution in [0, 0.1) is 38.2 Å². The summed E-state index contributed by atoms with van der Waals surface area (Å²) < 4.78 is 0. The van der Waals surface area contributed by atoms with Crippen molar-refractivity contribution in [1.29, 1.82) is 0 Å². The third kappa shape index (κ3) is 20.4. The molecule has 0 rings (SSSR count). The molecule has 6 heavy (non-hydrogen) atoms. The minimum absolute atomic E-state index is 0. The van der Waals surface area contributed by atoms with E-state index in [0.717, 1.165) is 0 Å². The average molecular weight is 315 g/mol. The van der Waals surface area contributed by atoms with Crippen LogP contribution in [0.15, 0.2) is 0 Å². The smallest absolute Gasteiger partial charge is 0.693 e. The van der Waals surface area contributed by atoms with Gasteiger partial charge in [-0.3, -0.25) is 4.89 Å². The van der Waals surface area contributed by atoms with Crippen LogP contribution in [0.1, 0.15) is 0 Å². The molecule has 0 fully saturated rings. The first-order chi connectivity index (χ1) is 1.91. The second-order valence-electron chi connectivity index (χ2n) is 0.285. The van der Waals surface area contributed by atoms with Crippen molar-refractivity contribution in [1.82, 2.24) is 0 Å². The Morgan fingerprint density at radius 2 is 1.67 bits per heavy atom. The molecule has 0 saturated carbocycles. The van der Waals surface area contributed by atoms with Gasteiger partial charge in [0.05, 0.1) is 7.11 Å². The average Bonchev–Trinajstić information content (AvgIpc) is 1.37. The molecule has 0 aliphatic carbocycles. The van der Waals surface area contributed by atoms with E-state index in [0.29, 0.717) is 0 Å². The first-order valence-corrected chi connectivity index (χ1v) is 0.864. The van der Waals surface area contributed by atoms with Gasteiger partial charge in [-0.25, -0.2) is 0 Å². The summed E-state index contributed by atoms with van der Waals surface area (Å²) in [5.74, 6) is 0. The predicted molar refractivity (Wildman–Crippen MR) is 18.7 cm³/mol. The molecule has 36 valence electrons. The largest absolute Gasteiger partial charge is 2.00 e. The maximum atomic E-state index is 3.93. The predicted octanol–water partition coefficient (Wildman–Crippen LogP) is 1.07. The van der Waals surface area contributed by atoms with Gasteiger partial charge >= 0.3 is 31.1 Å². The number of rotatable bonds is 1. The van der Waals surface area contributed by atoms with Crippen LogP contribution in [-0.2, 0) is 9.78 Å². The summed E-state index contributed by atoms with van der Waals surface area (Å²) in [6.07, 6.45) is 0. The molecule has 0 unspecified atom stereocenters. The summed E-state index contributed by atoms with van der Waals surface area (Å²) in [4.78, 5) is 7.72. The first kappa shape index (κ1) is 15.8. The molecule has 0 atom stereocenters.